The van der Waals surface area contributed by atoms with E-state index >= 15 is 0 Å². The first-order valence-corrected chi connectivity index (χ1v) is 11.2. The van der Waals surface area contributed by atoms with Gasteiger partial charge in [-0.2, -0.15) is 10.2 Å². The molecule has 0 saturated carbocycles. The van der Waals surface area contributed by atoms with Crippen LogP contribution >= 0.6 is 0 Å². The Morgan fingerprint density at radius 1 is 1.00 bits per heavy atom. The molecule has 35 heavy (non-hydrogen) atoms. The number of hydrogen-bond acceptors (Lipinski definition) is 4. The van der Waals surface area contributed by atoms with E-state index in [-0.39, 0.29) is 11.7 Å². The molecule has 2 N–H and O–H groups in total. The van der Waals surface area contributed by atoms with Crippen molar-refractivity contribution in [1.29, 1.82) is 0 Å². The maximum absolute atomic E-state index is 13.8. The van der Waals surface area contributed by atoms with E-state index in [2.05, 4.69) is 25.8 Å². The number of anilines is 2. The number of hydrogen-bond donors (Lipinski definition) is 2. The number of nitrogens with one attached hydrogen (secondary N) is 2. The van der Waals surface area contributed by atoms with Gasteiger partial charge >= 0.3 is 6.03 Å². The number of nitrogens with zero attached hydrogens (tertiary/aromatic N) is 5. The number of carbonyl (C=O) groups is 1. The van der Waals surface area contributed by atoms with Gasteiger partial charge in [0.2, 0.25) is 0 Å². The van der Waals surface area contributed by atoms with Crippen molar-refractivity contribution in [3.05, 3.63) is 84.7 Å². The van der Waals surface area contributed by atoms with Crippen LogP contribution < -0.4 is 10.6 Å². The van der Waals surface area contributed by atoms with Gasteiger partial charge in [-0.15, -0.1) is 0 Å². The number of pyridine rings is 1. The highest BCUT2D eigenvalue weighted by molar-refractivity contribution is 6.00. The summed E-state index contributed by atoms with van der Waals surface area (Å²) in [6.45, 7) is 4.01. The Hall–Kier alpha value is -4.53. The summed E-state index contributed by atoms with van der Waals surface area (Å²) in [5, 5.41) is 15.5. The zero-order chi connectivity index (χ0) is 24.5. The molecule has 5 rings (SSSR count). The van der Waals surface area contributed by atoms with E-state index in [4.69, 9.17) is 0 Å². The molecule has 0 bridgehead atoms. The van der Waals surface area contributed by atoms with Crippen LogP contribution in [0.25, 0.3) is 27.7 Å². The second-order valence-corrected chi connectivity index (χ2v) is 8.55. The quantitative estimate of drug-likeness (QED) is 0.344. The summed E-state index contributed by atoms with van der Waals surface area (Å²) in [7, 11) is 1.88. The highest BCUT2D eigenvalue weighted by atomic mass is 19.1. The van der Waals surface area contributed by atoms with E-state index in [1.165, 1.54) is 16.8 Å². The molecule has 0 saturated heterocycles. The number of amides is 2. The zero-order valence-electron chi connectivity index (χ0n) is 19.5. The van der Waals surface area contributed by atoms with Crippen LogP contribution in [0, 0.1) is 5.82 Å². The molecule has 8 nitrogen and oxygen atoms in total. The third kappa shape index (κ3) is 4.48. The number of carbonyl (C=O) groups excluding carboxylic acids is 1. The van der Waals surface area contributed by atoms with Crippen LogP contribution in [-0.2, 0) is 7.05 Å². The fourth-order valence-corrected chi connectivity index (χ4v) is 3.88. The minimum atomic E-state index is -0.429. The van der Waals surface area contributed by atoms with Crippen molar-refractivity contribution >= 4 is 28.4 Å². The topological polar surface area (TPSA) is 89.7 Å². The Morgan fingerprint density at radius 3 is 2.54 bits per heavy atom. The second-order valence-electron chi connectivity index (χ2n) is 8.55. The van der Waals surface area contributed by atoms with Gasteiger partial charge in [-0.1, -0.05) is 32.0 Å². The summed E-state index contributed by atoms with van der Waals surface area (Å²) >= 11 is 0. The van der Waals surface area contributed by atoms with Crippen LogP contribution in [0.1, 0.15) is 25.5 Å². The van der Waals surface area contributed by atoms with Crippen LogP contribution in [0.2, 0.25) is 0 Å². The summed E-state index contributed by atoms with van der Waals surface area (Å²) < 4.78 is 17.1. The molecule has 3 aromatic heterocycles. The molecule has 0 radical (unpaired) electrons. The first-order valence-electron chi connectivity index (χ1n) is 11.2. The van der Waals surface area contributed by atoms with Gasteiger partial charge in [0.25, 0.3) is 0 Å². The Balaban J connectivity index is 1.35. The lowest BCUT2D eigenvalue weighted by molar-refractivity contribution is 0.262. The van der Waals surface area contributed by atoms with Crippen molar-refractivity contribution in [2.75, 3.05) is 10.6 Å². The summed E-state index contributed by atoms with van der Waals surface area (Å²) in [6.07, 6.45) is 5.41. The number of benzene rings is 2. The Labute approximate surface area is 201 Å². The molecule has 176 valence electrons. The lowest BCUT2D eigenvalue weighted by Gasteiger charge is -2.11. The number of aryl methyl sites for hydroxylation is 1. The fourth-order valence-electron chi connectivity index (χ4n) is 3.88. The van der Waals surface area contributed by atoms with E-state index in [0.29, 0.717) is 17.2 Å². The molecule has 0 unspecified atom stereocenters. The van der Waals surface area contributed by atoms with Gasteiger partial charge in [0, 0.05) is 35.9 Å². The predicted octanol–water partition coefficient (Wildman–Crippen LogP) is 5.73. The van der Waals surface area contributed by atoms with Gasteiger partial charge in [0.1, 0.15) is 11.6 Å². The van der Waals surface area contributed by atoms with Crippen LogP contribution in [-0.4, -0.2) is 30.6 Å². The highest BCUT2D eigenvalue weighted by Gasteiger charge is 2.15. The molecular formula is C26H24FN7O. The lowest BCUT2D eigenvalue weighted by Crippen LogP contribution is -2.21. The van der Waals surface area contributed by atoms with Crippen LogP contribution in [0.5, 0.6) is 0 Å². The number of halogens is 1. The van der Waals surface area contributed by atoms with Gasteiger partial charge in [-0.3, -0.25) is 15.0 Å². The largest absolute Gasteiger partial charge is 0.324 e. The molecule has 0 aliphatic rings. The molecule has 0 spiro atoms. The average molecular weight is 470 g/mol. The van der Waals surface area contributed by atoms with E-state index < -0.39 is 6.03 Å². The summed E-state index contributed by atoms with van der Waals surface area (Å²) in [5.74, 6) is 0.208. The van der Waals surface area contributed by atoms with Gasteiger partial charge in [0.05, 0.1) is 29.3 Å². The van der Waals surface area contributed by atoms with E-state index in [1.54, 1.807) is 35.3 Å². The first-order chi connectivity index (χ1) is 16.9. The third-order valence-electron chi connectivity index (χ3n) is 5.74. The highest BCUT2D eigenvalue weighted by Crippen LogP contribution is 2.28. The normalized spacial score (nSPS) is 11.2. The summed E-state index contributed by atoms with van der Waals surface area (Å²) in [4.78, 5) is 17.1. The van der Waals surface area contributed by atoms with Crippen molar-refractivity contribution in [1.82, 2.24) is 24.5 Å². The molecule has 3 heterocycles. The van der Waals surface area contributed by atoms with E-state index in [0.717, 1.165) is 27.7 Å². The van der Waals surface area contributed by atoms with Gasteiger partial charge < -0.3 is 5.32 Å². The SMILES string of the molecule is CC(C)c1cc(NC(=O)Nc2ccc(-c3cncc4c3cnn4C)cc2)n(-c2cccc(F)c2)n1. The Morgan fingerprint density at radius 2 is 1.80 bits per heavy atom. The molecular weight excluding hydrogens is 445 g/mol. The molecule has 0 atom stereocenters. The molecule has 2 amide bonds. The minimum absolute atomic E-state index is 0.139. The molecule has 0 aliphatic heterocycles. The number of fused-ring (bicyclic) bond motifs is 1. The van der Waals surface area contributed by atoms with Crippen molar-refractivity contribution in [3.63, 3.8) is 0 Å². The van der Waals surface area contributed by atoms with Gasteiger partial charge in [0.15, 0.2) is 0 Å². The predicted molar refractivity (Wildman–Crippen MR) is 134 cm³/mol. The van der Waals surface area contributed by atoms with Crippen molar-refractivity contribution < 1.29 is 9.18 Å². The summed E-state index contributed by atoms with van der Waals surface area (Å²) in [6, 6.07) is 14.9. The van der Waals surface area contributed by atoms with Crippen LogP contribution in [0.3, 0.4) is 0 Å². The molecule has 5 aromatic rings. The molecule has 9 heteroatoms. The van der Waals surface area contributed by atoms with Crippen molar-refractivity contribution in [3.8, 4) is 16.8 Å². The van der Waals surface area contributed by atoms with Crippen LogP contribution in [0.15, 0.2) is 73.2 Å². The van der Waals surface area contributed by atoms with Gasteiger partial charge in [-0.25, -0.2) is 13.9 Å². The average Bonchev–Trinajstić information content (AvgIpc) is 3.43. The maximum atomic E-state index is 13.8. The molecule has 0 fully saturated rings. The lowest BCUT2D eigenvalue weighted by atomic mass is 10.0. The van der Waals surface area contributed by atoms with Gasteiger partial charge in [-0.05, 0) is 41.8 Å². The molecule has 2 aromatic carbocycles. The second kappa shape index (κ2) is 9.02. The smallest absolute Gasteiger partial charge is 0.308 e. The van der Waals surface area contributed by atoms with Crippen molar-refractivity contribution in [2.24, 2.45) is 7.05 Å². The minimum Gasteiger partial charge on any atom is -0.308 e. The Kier molecular flexibility index (Phi) is 5.74. The number of rotatable bonds is 5. The monoisotopic (exact) mass is 469 g/mol. The van der Waals surface area contributed by atoms with Crippen molar-refractivity contribution in [2.45, 2.75) is 19.8 Å². The van der Waals surface area contributed by atoms with E-state index in [1.807, 2.05) is 51.4 Å². The number of aromatic nitrogens is 5. The maximum Gasteiger partial charge on any atom is 0.324 e. The Bertz CT molecular complexity index is 1520. The first kappa shape index (κ1) is 22.3. The third-order valence-corrected chi connectivity index (χ3v) is 5.74. The zero-order valence-corrected chi connectivity index (χ0v) is 19.5. The van der Waals surface area contributed by atoms with Crippen LogP contribution in [0.4, 0.5) is 20.7 Å². The standard InChI is InChI=1S/C26H24FN7O/c1-16(2)23-12-25(34(32-23)20-6-4-5-18(27)11-20)31-26(35)30-19-9-7-17(8-10-19)21-13-28-15-24-22(21)14-29-33(24)3/h4-16H,1-3H3,(H2,30,31,35). The summed E-state index contributed by atoms with van der Waals surface area (Å²) in [5.41, 5.74) is 4.81. The number of urea groups is 1. The molecule has 0 aliphatic carbocycles. The fraction of sp³-hybridized carbons (Fsp3) is 0.154. The van der Waals surface area contributed by atoms with E-state index in [9.17, 15) is 9.18 Å².